The minimum absolute atomic E-state index is 0. The van der Waals surface area contributed by atoms with Crippen molar-refractivity contribution in [3.8, 4) is 0 Å². The van der Waals surface area contributed by atoms with Crippen LogP contribution in [0.2, 0.25) is 0 Å². The topological polar surface area (TPSA) is 32.3 Å². The maximum atomic E-state index is 12.4. The third-order valence-electron chi connectivity index (χ3n) is 3.45. The van der Waals surface area contributed by atoms with E-state index in [9.17, 15) is 4.79 Å². The average molecular weight is 269 g/mol. The van der Waals surface area contributed by atoms with Crippen molar-refractivity contribution >= 4 is 18.3 Å². The Bertz CT molecular complexity index is 383. The van der Waals surface area contributed by atoms with Gasteiger partial charge in [0, 0.05) is 25.7 Å². The summed E-state index contributed by atoms with van der Waals surface area (Å²) in [6.45, 7) is 6.70. The summed E-state index contributed by atoms with van der Waals surface area (Å²) in [7, 11) is 0. The number of benzene rings is 1. The minimum Gasteiger partial charge on any atom is -0.337 e. The molecule has 0 aromatic heterocycles. The first-order chi connectivity index (χ1) is 8.20. The van der Waals surface area contributed by atoms with E-state index < -0.39 is 0 Å². The zero-order valence-corrected chi connectivity index (χ0v) is 11.7. The van der Waals surface area contributed by atoms with Crippen LogP contribution in [0.4, 0.5) is 0 Å². The van der Waals surface area contributed by atoms with E-state index >= 15 is 0 Å². The SMILES string of the molecule is CC(C(=O)N1CCNC[C@H]1C)c1ccccc1.Cl. The largest absolute Gasteiger partial charge is 0.337 e. The molecule has 18 heavy (non-hydrogen) atoms. The van der Waals surface area contributed by atoms with Gasteiger partial charge in [-0.2, -0.15) is 0 Å². The molecular formula is C14H21ClN2O. The molecule has 1 aliphatic heterocycles. The van der Waals surface area contributed by atoms with Crippen molar-refractivity contribution in [1.82, 2.24) is 10.2 Å². The summed E-state index contributed by atoms with van der Waals surface area (Å²) in [6.07, 6.45) is 0. The Kier molecular flexibility index (Phi) is 5.63. The van der Waals surface area contributed by atoms with Gasteiger partial charge in [-0.25, -0.2) is 0 Å². The van der Waals surface area contributed by atoms with Crippen molar-refractivity contribution in [3.05, 3.63) is 35.9 Å². The number of halogens is 1. The van der Waals surface area contributed by atoms with Gasteiger partial charge in [0.15, 0.2) is 0 Å². The lowest BCUT2D eigenvalue weighted by Crippen LogP contribution is -2.53. The van der Waals surface area contributed by atoms with E-state index in [4.69, 9.17) is 0 Å². The quantitative estimate of drug-likeness (QED) is 0.890. The molecule has 0 saturated carbocycles. The van der Waals surface area contributed by atoms with Crippen LogP contribution in [-0.2, 0) is 4.79 Å². The zero-order valence-electron chi connectivity index (χ0n) is 10.9. The fourth-order valence-corrected chi connectivity index (χ4v) is 2.30. The third kappa shape index (κ3) is 3.24. The monoisotopic (exact) mass is 268 g/mol. The zero-order chi connectivity index (χ0) is 12.3. The molecule has 0 bridgehead atoms. The van der Waals surface area contributed by atoms with Gasteiger partial charge in [0.05, 0.1) is 5.92 Å². The summed E-state index contributed by atoms with van der Waals surface area (Å²) in [6, 6.07) is 10.3. The molecule has 2 rings (SSSR count). The molecule has 100 valence electrons. The number of nitrogens with zero attached hydrogens (tertiary/aromatic N) is 1. The summed E-state index contributed by atoms with van der Waals surface area (Å²) < 4.78 is 0. The van der Waals surface area contributed by atoms with E-state index in [0.717, 1.165) is 25.2 Å². The summed E-state index contributed by atoms with van der Waals surface area (Å²) in [5.41, 5.74) is 1.10. The Hall–Kier alpha value is -1.06. The molecule has 1 N–H and O–H groups in total. The van der Waals surface area contributed by atoms with Crippen LogP contribution in [0.5, 0.6) is 0 Å². The molecule has 1 aromatic carbocycles. The summed E-state index contributed by atoms with van der Waals surface area (Å²) in [4.78, 5) is 14.4. The van der Waals surface area contributed by atoms with Crippen molar-refractivity contribution in [2.45, 2.75) is 25.8 Å². The first-order valence-electron chi connectivity index (χ1n) is 6.26. The molecule has 3 nitrogen and oxygen atoms in total. The smallest absolute Gasteiger partial charge is 0.230 e. The second kappa shape index (κ2) is 6.76. The standard InChI is InChI=1S/C14H20N2O.ClH/c1-11-10-15-8-9-16(11)14(17)12(2)13-6-4-3-5-7-13;/h3-7,11-12,15H,8-10H2,1-2H3;1H/t11-,12?;/m1./s1. The Morgan fingerprint density at radius 2 is 2.06 bits per heavy atom. The molecule has 1 aliphatic rings. The fourth-order valence-electron chi connectivity index (χ4n) is 2.30. The molecule has 1 fully saturated rings. The normalized spacial score (nSPS) is 21.0. The van der Waals surface area contributed by atoms with E-state index in [1.807, 2.05) is 42.2 Å². The number of carbonyl (C=O) groups excluding carboxylic acids is 1. The van der Waals surface area contributed by atoms with Crippen LogP contribution < -0.4 is 5.32 Å². The number of carbonyl (C=O) groups is 1. The van der Waals surface area contributed by atoms with Crippen LogP contribution in [0.25, 0.3) is 0 Å². The number of amides is 1. The predicted octanol–water partition coefficient (Wildman–Crippen LogP) is 2.03. The maximum Gasteiger partial charge on any atom is 0.230 e. The molecule has 0 spiro atoms. The lowest BCUT2D eigenvalue weighted by molar-refractivity contribution is -0.135. The van der Waals surface area contributed by atoms with E-state index in [1.165, 1.54) is 0 Å². The van der Waals surface area contributed by atoms with Gasteiger partial charge >= 0.3 is 0 Å². The highest BCUT2D eigenvalue weighted by molar-refractivity contribution is 5.85. The highest BCUT2D eigenvalue weighted by atomic mass is 35.5. The van der Waals surface area contributed by atoms with E-state index in [1.54, 1.807) is 0 Å². The fraction of sp³-hybridized carbons (Fsp3) is 0.500. The number of rotatable bonds is 2. The van der Waals surface area contributed by atoms with Crippen molar-refractivity contribution < 1.29 is 4.79 Å². The molecule has 2 atom stereocenters. The first kappa shape index (κ1) is 15.0. The van der Waals surface area contributed by atoms with Gasteiger partial charge in [-0.05, 0) is 19.4 Å². The molecular weight excluding hydrogens is 248 g/mol. The molecule has 1 amide bonds. The Labute approximate surface area is 115 Å². The molecule has 1 saturated heterocycles. The van der Waals surface area contributed by atoms with Crippen molar-refractivity contribution in [2.75, 3.05) is 19.6 Å². The molecule has 1 aromatic rings. The van der Waals surface area contributed by atoms with Crippen molar-refractivity contribution in [3.63, 3.8) is 0 Å². The maximum absolute atomic E-state index is 12.4. The van der Waals surface area contributed by atoms with E-state index in [0.29, 0.717) is 6.04 Å². The number of piperazine rings is 1. The van der Waals surface area contributed by atoms with Crippen molar-refractivity contribution in [1.29, 1.82) is 0 Å². The van der Waals surface area contributed by atoms with Crippen LogP contribution in [0.1, 0.15) is 25.3 Å². The van der Waals surface area contributed by atoms with Gasteiger partial charge in [0.2, 0.25) is 5.91 Å². The van der Waals surface area contributed by atoms with Gasteiger partial charge in [-0.15, -0.1) is 12.4 Å². The second-order valence-electron chi connectivity index (χ2n) is 4.72. The van der Waals surface area contributed by atoms with Crippen molar-refractivity contribution in [2.24, 2.45) is 0 Å². The Morgan fingerprint density at radius 1 is 1.39 bits per heavy atom. The van der Waals surface area contributed by atoms with Crippen LogP contribution in [0, 0.1) is 0 Å². The first-order valence-corrected chi connectivity index (χ1v) is 6.26. The lowest BCUT2D eigenvalue weighted by Gasteiger charge is -2.35. The minimum atomic E-state index is -0.0447. The number of nitrogens with one attached hydrogen (secondary N) is 1. The van der Waals surface area contributed by atoms with Crippen LogP contribution in [0.3, 0.4) is 0 Å². The van der Waals surface area contributed by atoms with E-state index in [2.05, 4.69) is 12.2 Å². The molecule has 1 heterocycles. The van der Waals surface area contributed by atoms with Crippen LogP contribution in [-0.4, -0.2) is 36.5 Å². The number of hydrogen-bond acceptors (Lipinski definition) is 2. The summed E-state index contributed by atoms with van der Waals surface area (Å²) in [5, 5.41) is 3.30. The Morgan fingerprint density at radius 3 is 2.67 bits per heavy atom. The molecule has 1 unspecified atom stereocenters. The molecule has 0 aliphatic carbocycles. The third-order valence-corrected chi connectivity index (χ3v) is 3.45. The van der Waals surface area contributed by atoms with E-state index in [-0.39, 0.29) is 24.2 Å². The summed E-state index contributed by atoms with van der Waals surface area (Å²) in [5.74, 6) is 0.196. The van der Waals surface area contributed by atoms with Gasteiger partial charge < -0.3 is 10.2 Å². The number of hydrogen-bond donors (Lipinski definition) is 1. The van der Waals surface area contributed by atoms with Gasteiger partial charge in [0.25, 0.3) is 0 Å². The van der Waals surface area contributed by atoms with Gasteiger partial charge in [0.1, 0.15) is 0 Å². The van der Waals surface area contributed by atoms with Crippen LogP contribution in [0.15, 0.2) is 30.3 Å². The van der Waals surface area contributed by atoms with Gasteiger partial charge in [-0.3, -0.25) is 4.79 Å². The lowest BCUT2D eigenvalue weighted by atomic mass is 9.98. The molecule has 0 radical (unpaired) electrons. The highest BCUT2D eigenvalue weighted by Crippen LogP contribution is 2.19. The molecule has 4 heteroatoms. The van der Waals surface area contributed by atoms with Gasteiger partial charge in [-0.1, -0.05) is 30.3 Å². The highest BCUT2D eigenvalue weighted by Gasteiger charge is 2.27. The predicted molar refractivity (Wildman–Crippen MR) is 76.1 cm³/mol. The average Bonchev–Trinajstić information content (AvgIpc) is 2.39. The summed E-state index contributed by atoms with van der Waals surface area (Å²) >= 11 is 0. The Balaban J connectivity index is 0.00000162. The second-order valence-corrected chi connectivity index (χ2v) is 4.72. The van der Waals surface area contributed by atoms with Crippen LogP contribution >= 0.6 is 12.4 Å².